The smallest absolute Gasteiger partial charge is 0.338 e. The van der Waals surface area contributed by atoms with E-state index in [2.05, 4.69) is 10.6 Å². The van der Waals surface area contributed by atoms with Crippen molar-refractivity contribution in [3.05, 3.63) is 71.8 Å². The maximum Gasteiger partial charge on any atom is 0.338 e. The van der Waals surface area contributed by atoms with Gasteiger partial charge in [-0.3, -0.25) is 0 Å². The molecule has 5 nitrogen and oxygen atoms in total. The number of urea groups is 1. The SMILES string of the molecule is CC(C)NC(=O)Nc1ccc(C(=O)OC/C=C/c2ccccc2)cc1. The van der Waals surface area contributed by atoms with Gasteiger partial charge in [0.1, 0.15) is 6.61 Å². The summed E-state index contributed by atoms with van der Waals surface area (Å²) in [6.45, 7) is 3.96. The Hall–Kier alpha value is -3.08. The van der Waals surface area contributed by atoms with Gasteiger partial charge in [0.05, 0.1) is 5.56 Å². The monoisotopic (exact) mass is 338 g/mol. The third kappa shape index (κ3) is 6.51. The van der Waals surface area contributed by atoms with Crippen molar-refractivity contribution in [2.75, 3.05) is 11.9 Å². The maximum absolute atomic E-state index is 12.0. The summed E-state index contributed by atoms with van der Waals surface area (Å²) in [5, 5.41) is 5.42. The van der Waals surface area contributed by atoms with Gasteiger partial charge >= 0.3 is 12.0 Å². The Morgan fingerprint density at radius 2 is 1.72 bits per heavy atom. The average Bonchev–Trinajstić information content (AvgIpc) is 2.59. The van der Waals surface area contributed by atoms with Crippen LogP contribution in [0.3, 0.4) is 0 Å². The number of hydrogen-bond acceptors (Lipinski definition) is 3. The van der Waals surface area contributed by atoms with E-state index in [4.69, 9.17) is 4.74 Å². The molecule has 2 N–H and O–H groups in total. The lowest BCUT2D eigenvalue weighted by Gasteiger charge is -2.10. The molecule has 0 saturated heterocycles. The average molecular weight is 338 g/mol. The van der Waals surface area contributed by atoms with E-state index in [0.717, 1.165) is 5.56 Å². The zero-order valence-corrected chi connectivity index (χ0v) is 14.4. The standard InChI is InChI=1S/C20H22N2O3/c1-15(2)21-20(24)22-18-12-10-17(11-13-18)19(23)25-14-6-9-16-7-4-3-5-8-16/h3-13,15H,14H2,1-2H3,(H2,21,22,24)/b9-6+. The van der Waals surface area contributed by atoms with Gasteiger partial charge in [0.25, 0.3) is 0 Å². The van der Waals surface area contributed by atoms with E-state index in [1.807, 2.05) is 50.3 Å². The Morgan fingerprint density at radius 3 is 2.36 bits per heavy atom. The van der Waals surface area contributed by atoms with Crippen molar-refractivity contribution in [2.24, 2.45) is 0 Å². The van der Waals surface area contributed by atoms with Gasteiger partial charge in [0.2, 0.25) is 0 Å². The van der Waals surface area contributed by atoms with Crippen LogP contribution < -0.4 is 10.6 Å². The van der Waals surface area contributed by atoms with Crippen LogP contribution in [0.15, 0.2) is 60.7 Å². The summed E-state index contributed by atoms with van der Waals surface area (Å²) in [5.41, 5.74) is 2.09. The number of rotatable bonds is 6. The topological polar surface area (TPSA) is 67.4 Å². The molecule has 0 aliphatic heterocycles. The van der Waals surface area contributed by atoms with E-state index in [1.54, 1.807) is 30.3 Å². The predicted octanol–water partition coefficient (Wildman–Crippen LogP) is 4.09. The number of benzene rings is 2. The summed E-state index contributed by atoms with van der Waals surface area (Å²) in [7, 11) is 0. The van der Waals surface area contributed by atoms with E-state index < -0.39 is 5.97 Å². The quantitative estimate of drug-likeness (QED) is 0.780. The fourth-order valence-electron chi connectivity index (χ4n) is 2.07. The fraction of sp³-hybridized carbons (Fsp3) is 0.200. The van der Waals surface area contributed by atoms with E-state index >= 15 is 0 Å². The van der Waals surface area contributed by atoms with Crippen molar-refractivity contribution in [3.63, 3.8) is 0 Å². The fourth-order valence-corrected chi connectivity index (χ4v) is 2.07. The summed E-state index contributed by atoms with van der Waals surface area (Å²) in [5.74, 6) is -0.407. The second-order valence-electron chi connectivity index (χ2n) is 5.74. The molecule has 2 amide bonds. The number of nitrogens with one attached hydrogen (secondary N) is 2. The van der Waals surface area contributed by atoms with Crippen molar-refractivity contribution in [3.8, 4) is 0 Å². The molecule has 0 heterocycles. The molecule has 2 rings (SSSR count). The van der Waals surface area contributed by atoms with Gasteiger partial charge in [-0.25, -0.2) is 9.59 Å². The Morgan fingerprint density at radius 1 is 1.04 bits per heavy atom. The highest BCUT2D eigenvalue weighted by molar-refractivity contribution is 5.92. The number of hydrogen-bond donors (Lipinski definition) is 2. The lowest BCUT2D eigenvalue weighted by molar-refractivity contribution is 0.0550. The summed E-state index contributed by atoms with van der Waals surface area (Å²) in [6.07, 6.45) is 3.69. The number of esters is 1. The minimum atomic E-state index is -0.407. The summed E-state index contributed by atoms with van der Waals surface area (Å²) in [4.78, 5) is 23.6. The van der Waals surface area contributed by atoms with Gasteiger partial charge in [-0.05, 0) is 49.8 Å². The second kappa shape index (κ2) is 9.27. The lowest BCUT2D eigenvalue weighted by atomic mass is 10.2. The van der Waals surface area contributed by atoms with E-state index in [-0.39, 0.29) is 18.7 Å². The molecule has 0 atom stereocenters. The Kier molecular flexibility index (Phi) is 6.77. The number of carbonyl (C=O) groups is 2. The van der Waals surface area contributed by atoms with Crippen molar-refractivity contribution in [2.45, 2.75) is 19.9 Å². The number of carbonyl (C=O) groups excluding carboxylic acids is 2. The van der Waals surface area contributed by atoms with Crippen LogP contribution in [-0.2, 0) is 4.74 Å². The molecule has 0 aromatic heterocycles. The maximum atomic E-state index is 12.0. The van der Waals surface area contributed by atoms with Crippen LogP contribution in [0, 0.1) is 0 Å². The van der Waals surface area contributed by atoms with Gasteiger partial charge < -0.3 is 15.4 Å². The molecule has 5 heteroatoms. The van der Waals surface area contributed by atoms with Crippen LogP contribution in [0.25, 0.3) is 6.08 Å². The van der Waals surface area contributed by atoms with Gasteiger partial charge in [-0.1, -0.05) is 36.4 Å². The first kappa shape index (κ1) is 18.3. The van der Waals surface area contributed by atoms with Crippen molar-refractivity contribution in [1.29, 1.82) is 0 Å². The Labute approximate surface area is 147 Å². The summed E-state index contributed by atoms with van der Waals surface area (Å²) in [6, 6.07) is 16.1. The van der Waals surface area contributed by atoms with Crippen LogP contribution in [0.4, 0.5) is 10.5 Å². The van der Waals surface area contributed by atoms with Gasteiger partial charge in [-0.2, -0.15) is 0 Å². The highest BCUT2D eigenvalue weighted by Crippen LogP contribution is 2.11. The van der Waals surface area contributed by atoms with Gasteiger partial charge in [-0.15, -0.1) is 0 Å². The molecule has 0 spiro atoms. The highest BCUT2D eigenvalue weighted by Gasteiger charge is 2.07. The minimum Gasteiger partial charge on any atom is -0.458 e. The molecule has 0 aliphatic rings. The molecule has 0 saturated carbocycles. The first-order valence-corrected chi connectivity index (χ1v) is 8.11. The van der Waals surface area contributed by atoms with Crippen molar-refractivity contribution in [1.82, 2.24) is 5.32 Å². The summed E-state index contributed by atoms with van der Waals surface area (Å²) < 4.78 is 5.20. The van der Waals surface area contributed by atoms with Crippen molar-refractivity contribution >= 4 is 23.8 Å². The minimum absolute atomic E-state index is 0.0539. The predicted molar refractivity (Wildman–Crippen MR) is 99.5 cm³/mol. The van der Waals surface area contributed by atoms with E-state index in [9.17, 15) is 9.59 Å². The molecular formula is C20H22N2O3. The number of ether oxygens (including phenoxy) is 1. The van der Waals surface area contributed by atoms with Gasteiger partial charge in [0.15, 0.2) is 0 Å². The molecule has 2 aromatic rings. The molecule has 0 radical (unpaired) electrons. The largest absolute Gasteiger partial charge is 0.458 e. The van der Waals surface area contributed by atoms with E-state index in [0.29, 0.717) is 11.3 Å². The molecule has 130 valence electrons. The van der Waals surface area contributed by atoms with Crippen molar-refractivity contribution < 1.29 is 14.3 Å². The van der Waals surface area contributed by atoms with Crippen LogP contribution in [-0.4, -0.2) is 24.6 Å². The third-order valence-corrected chi connectivity index (χ3v) is 3.22. The van der Waals surface area contributed by atoms with Crippen LogP contribution in [0.1, 0.15) is 29.8 Å². The molecule has 0 aliphatic carbocycles. The van der Waals surface area contributed by atoms with Crippen LogP contribution >= 0.6 is 0 Å². The van der Waals surface area contributed by atoms with Gasteiger partial charge in [0, 0.05) is 11.7 Å². The molecule has 0 fully saturated rings. The molecule has 0 unspecified atom stereocenters. The zero-order valence-electron chi connectivity index (χ0n) is 14.4. The first-order valence-electron chi connectivity index (χ1n) is 8.11. The molecule has 0 bridgehead atoms. The van der Waals surface area contributed by atoms with Crippen LogP contribution in [0.5, 0.6) is 0 Å². The zero-order chi connectivity index (χ0) is 18.1. The molecular weight excluding hydrogens is 316 g/mol. The Bertz CT molecular complexity index is 722. The normalized spacial score (nSPS) is 10.7. The molecule has 2 aromatic carbocycles. The van der Waals surface area contributed by atoms with Crippen LogP contribution in [0.2, 0.25) is 0 Å². The van der Waals surface area contributed by atoms with E-state index in [1.165, 1.54) is 0 Å². The number of amides is 2. The molecule has 25 heavy (non-hydrogen) atoms. The second-order valence-corrected chi connectivity index (χ2v) is 5.74. The summed E-state index contributed by atoms with van der Waals surface area (Å²) >= 11 is 0. The highest BCUT2D eigenvalue weighted by atomic mass is 16.5. The lowest BCUT2D eigenvalue weighted by Crippen LogP contribution is -2.34. The number of anilines is 1. The first-order chi connectivity index (χ1) is 12.0. The Balaban J connectivity index is 1.81. The third-order valence-electron chi connectivity index (χ3n) is 3.22.